The van der Waals surface area contributed by atoms with E-state index in [0.29, 0.717) is 25.1 Å². The number of carbonyl (C=O) groups excluding carboxylic acids is 2. The molecule has 5 heteroatoms. The maximum Gasteiger partial charge on any atom is 0.323 e. The van der Waals surface area contributed by atoms with Crippen molar-refractivity contribution in [1.29, 1.82) is 0 Å². The molecule has 1 unspecified atom stereocenters. The highest BCUT2D eigenvalue weighted by molar-refractivity contribution is 6.08. The maximum atomic E-state index is 15.7. The lowest BCUT2D eigenvalue weighted by Crippen LogP contribution is -2.79. The number of fused-ring (bicyclic) bond motifs is 2. The van der Waals surface area contributed by atoms with Crippen molar-refractivity contribution in [3.8, 4) is 0 Å². The van der Waals surface area contributed by atoms with E-state index >= 15 is 9.59 Å². The van der Waals surface area contributed by atoms with E-state index < -0.39 is 22.8 Å². The number of hydrogen-bond donors (Lipinski definition) is 0. The zero-order chi connectivity index (χ0) is 38.1. The molecule has 5 nitrogen and oxygen atoms in total. The number of benzene rings is 6. The average molecular weight is 732 g/mol. The summed E-state index contributed by atoms with van der Waals surface area (Å²) in [5.41, 5.74) is 4.30. The van der Waals surface area contributed by atoms with Crippen molar-refractivity contribution < 1.29 is 18.7 Å². The highest BCUT2D eigenvalue weighted by Gasteiger charge is 2.78. The van der Waals surface area contributed by atoms with E-state index in [1.807, 2.05) is 176 Å². The summed E-state index contributed by atoms with van der Waals surface area (Å²) in [5.74, 6) is 0.980. The molecule has 0 radical (unpaired) electrons. The van der Waals surface area contributed by atoms with Gasteiger partial charge in [0.2, 0.25) is 5.91 Å². The summed E-state index contributed by atoms with van der Waals surface area (Å²) in [6.45, 7) is 2.34. The summed E-state index contributed by atoms with van der Waals surface area (Å²) in [5, 5.41) is 0. The molecule has 0 bridgehead atoms. The fourth-order valence-electron chi connectivity index (χ4n) is 9.18. The van der Waals surface area contributed by atoms with Crippen molar-refractivity contribution in [3.05, 3.63) is 244 Å². The van der Waals surface area contributed by atoms with Crippen LogP contribution in [-0.4, -0.2) is 23.3 Å². The standard InChI is InChI=1S/C51H41NO4/c1-36-33-34-42(55-36)30-19-35-52-49(54)50(40-26-13-5-14-27-40,41-28-15-6-16-29-41)51(52)44-32-18-17-31-43(44)46(39-24-11-4-12-25-39)47(51)56-48(53)45(37-20-7-2-8-21-37)38-22-9-3-10-23-38/h2-18,20-29,31-34,45H,19,30,35H2,1H3. The molecule has 0 N–H and O–H groups in total. The van der Waals surface area contributed by atoms with Gasteiger partial charge in [-0.2, -0.15) is 0 Å². The van der Waals surface area contributed by atoms with Crippen LogP contribution in [0.5, 0.6) is 0 Å². The second kappa shape index (κ2) is 14.5. The number of furan rings is 1. The number of carbonyl (C=O) groups is 2. The summed E-state index contributed by atoms with van der Waals surface area (Å²) in [7, 11) is 0. The van der Waals surface area contributed by atoms with Gasteiger partial charge in [-0.25, -0.2) is 0 Å². The fraction of sp³-hybridized carbons (Fsp3) is 0.137. The van der Waals surface area contributed by atoms with Gasteiger partial charge in [-0.15, -0.1) is 0 Å². The van der Waals surface area contributed by atoms with Crippen LogP contribution in [0.2, 0.25) is 0 Å². The zero-order valence-corrected chi connectivity index (χ0v) is 31.2. The molecule has 0 saturated carbocycles. The number of β-lactam (4-membered cyclic amide) rings is 1. The lowest BCUT2D eigenvalue weighted by atomic mass is 9.51. The van der Waals surface area contributed by atoms with E-state index in [2.05, 4.69) is 24.3 Å². The van der Waals surface area contributed by atoms with Crippen LogP contribution in [0.4, 0.5) is 0 Å². The van der Waals surface area contributed by atoms with Crippen molar-refractivity contribution in [2.45, 2.75) is 36.6 Å². The van der Waals surface area contributed by atoms with Crippen LogP contribution < -0.4 is 0 Å². The van der Waals surface area contributed by atoms with Gasteiger partial charge in [-0.05, 0) is 64.4 Å². The molecule has 2 aliphatic rings. The predicted octanol–water partition coefficient (Wildman–Crippen LogP) is 10.4. The zero-order valence-electron chi connectivity index (χ0n) is 31.2. The monoisotopic (exact) mass is 731 g/mol. The minimum Gasteiger partial charge on any atom is -0.466 e. The van der Waals surface area contributed by atoms with Gasteiger partial charge < -0.3 is 14.1 Å². The van der Waals surface area contributed by atoms with E-state index in [1.165, 1.54) is 0 Å². The van der Waals surface area contributed by atoms with Gasteiger partial charge in [0.05, 0.1) is 0 Å². The Balaban J connectivity index is 1.33. The van der Waals surface area contributed by atoms with Gasteiger partial charge in [0.25, 0.3) is 0 Å². The lowest BCUT2D eigenvalue weighted by Gasteiger charge is -2.64. The van der Waals surface area contributed by atoms with Gasteiger partial charge in [0, 0.05) is 18.5 Å². The molecule has 1 aliphatic carbocycles. The van der Waals surface area contributed by atoms with Gasteiger partial charge >= 0.3 is 5.97 Å². The summed E-state index contributed by atoms with van der Waals surface area (Å²) >= 11 is 0. The molecule has 7 aromatic rings. The number of rotatable bonds is 11. The Kier molecular flexibility index (Phi) is 9.06. The molecule has 2 heterocycles. The first-order valence-electron chi connectivity index (χ1n) is 19.2. The van der Waals surface area contributed by atoms with Crippen LogP contribution in [0.1, 0.15) is 62.8 Å². The predicted molar refractivity (Wildman–Crippen MR) is 219 cm³/mol. The Morgan fingerprint density at radius 3 is 1.71 bits per heavy atom. The third-order valence-electron chi connectivity index (χ3n) is 11.4. The smallest absolute Gasteiger partial charge is 0.323 e. The Morgan fingerprint density at radius 2 is 1.16 bits per heavy atom. The molecule has 1 aliphatic heterocycles. The number of esters is 1. The minimum absolute atomic E-state index is 0.0501. The molecular formula is C51H41NO4. The normalized spacial score (nSPS) is 16.9. The van der Waals surface area contributed by atoms with Gasteiger partial charge in [0.15, 0.2) is 0 Å². The Hall–Kier alpha value is -6.72. The van der Waals surface area contributed by atoms with E-state index in [9.17, 15) is 0 Å². The molecule has 1 atom stereocenters. The van der Waals surface area contributed by atoms with Crippen LogP contribution in [-0.2, 0) is 31.7 Å². The summed E-state index contributed by atoms with van der Waals surface area (Å²) in [4.78, 5) is 33.0. The Bertz CT molecular complexity index is 2450. The van der Waals surface area contributed by atoms with Crippen LogP contribution in [0.15, 0.2) is 198 Å². The Labute approximate surface area is 327 Å². The van der Waals surface area contributed by atoms with Crippen molar-refractivity contribution in [2.75, 3.05) is 6.54 Å². The van der Waals surface area contributed by atoms with Crippen LogP contribution in [0, 0.1) is 6.92 Å². The van der Waals surface area contributed by atoms with E-state index in [1.54, 1.807) is 0 Å². The number of ether oxygens (including phenoxy) is 1. The van der Waals surface area contributed by atoms with Crippen molar-refractivity contribution in [3.63, 3.8) is 0 Å². The average Bonchev–Trinajstić information content (AvgIpc) is 3.80. The van der Waals surface area contributed by atoms with Crippen LogP contribution in [0.3, 0.4) is 0 Å². The molecule has 56 heavy (non-hydrogen) atoms. The molecule has 6 aromatic carbocycles. The molecule has 1 amide bonds. The topological polar surface area (TPSA) is 59.8 Å². The number of aryl methyl sites for hydroxylation is 2. The third kappa shape index (κ3) is 5.45. The van der Waals surface area contributed by atoms with Gasteiger partial charge in [-0.3, -0.25) is 9.59 Å². The van der Waals surface area contributed by atoms with E-state index in [4.69, 9.17) is 9.15 Å². The molecular weight excluding hydrogens is 691 g/mol. The van der Waals surface area contributed by atoms with Crippen molar-refractivity contribution in [1.82, 2.24) is 4.90 Å². The van der Waals surface area contributed by atoms with Crippen molar-refractivity contribution in [2.24, 2.45) is 0 Å². The number of hydrogen-bond acceptors (Lipinski definition) is 4. The van der Waals surface area contributed by atoms with E-state index in [0.717, 1.165) is 56.0 Å². The summed E-state index contributed by atoms with van der Waals surface area (Å²) in [6, 6.07) is 61.9. The fourth-order valence-corrected chi connectivity index (χ4v) is 9.18. The minimum atomic E-state index is -1.28. The first kappa shape index (κ1) is 35.0. The first-order chi connectivity index (χ1) is 27.5. The summed E-state index contributed by atoms with van der Waals surface area (Å²) < 4.78 is 13.1. The van der Waals surface area contributed by atoms with E-state index in [-0.39, 0.29) is 5.91 Å². The quantitative estimate of drug-likeness (QED) is 0.0982. The SMILES string of the molecule is Cc1ccc(CCCN2C(=O)C(c3ccccc3)(c3ccccc3)C23C(OC(=O)C(c2ccccc2)c2ccccc2)=C(c2ccccc2)c2ccccc23)o1. The van der Waals surface area contributed by atoms with Gasteiger partial charge in [0.1, 0.15) is 34.2 Å². The number of likely N-dealkylation sites (tertiary alicyclic amines) is 1. The highest BCUT2D eigenvalue weighted by Crippen LogP contribution is 2.68. The molecule has 1 saturated heterocycles. The highest BCUT2D eigenvalue weighted by atomic mass is 16.5. The molecule has 274 valence electrons. The first-order valence-corrected chi connectivity index (χ1v) is 19.2. The number of amides is 1. The Morgan fingerprint density at radius 1 is 0.643 bits per heavy atom. The second-order valence-corrected chi connectivity index (χ2v) is 14.6. The lowest BCUT2D eigenvalue weighted by molar-refractivity contribution is -0.177. The van der Waals surface area contributed by atoms with Gasteiger partial charge in [-0.1, -0.05) is 176 Å². The third-order valence-corrected chi connectivity index (χ3v) is 11.4. The van der Waals surface area contributed by atoms with Crippen LogP contribution in [0.25, 0.3) is 5.57 Å². The molecule has 1 spiro atoms. The number of nitrogens with zero attached hydrogens (tertiary/aromatic N) is 1. The summed E-state index contributed by atoms with van der Waals surface area (Å²) in [6.07, 6.45) is 1.29. The second-order valence-electron chi connectivity index (χ2n) is 14.6. The molecule has 9 rings (SSSR count). The van der Waals surface area contributed by atoms with Crippen LogP contribution >= 0.6 is 0 Å². The van der Waals surface area contributed by atoms with Crippen molar-refractivity contribution >= 4 is 17.4 Å². The molecule has 1 aromatic heterocycles. The maximum absolute atomic E-state index is 15.7. The molecule has 1 fully saturated rings. The largest absolute Gasteiger partial charge is 0.466 e.